The van der Waals surface area contributed by atoms with Crippen molar-refractivity contribution in [2.75, 3.05) is 24.5 Å². The van der Waals surface area contributed by atoms with Gasteiger partial charge < -0.3 is 10.2 Å². The van der Waals surface area contributed by atoms with Crippen molar-refractivity contribution >= 4 is 11.6 Å². The number of carbonyl (C=O) groups is 1. The number of carbonyl (C=O) groups excluding carboxylic acids is 1. The number of hydrogen-bond acceptors (Lipinski definition) is 2. The minimum Gasteiger partial charge on any atom is -0.372 e. The molecule has 2 rings (SSSR count). The van der Waals surface area contributed by atoms with Crippen molar-refractivity contribution in [2.45, 2.75) is 26.7 Å². The standard InChI is InChI=1S/C16H24N2O/c1-3-18(14-8-5-4-6-9-14)11-7-10-17-16(19)15-12-13(15)2/h4-6,8-9,13,15H,3,7,10-12H2,1-2H3,(H,17,19)/t13-,15-/m1/s1. The summed E-state index contributed by atoms with van der Waals surface area (Å²) >= 11 is 0. The van der Waals surface area contributed by atoms with Crippen molar-refractivity contribution in [3.05, 3.63) is 30.3 Å². The molecule has 0 saturated heterocycles. The average Bonchev–Trinajstić information content (AvgIpc) is 3.17. The lowest BCUT2D eigenvalue weighted by Gasteiger charge is -2.23. The van der Waals surface area contributed by atoms with Gasteiger partial charge in [-0.2, -0.15) is 0 Å². The third-order valence-corrected chi connectivity index (χ3v) is 3.85. The van der Waals surface area contributed by atoms with Crippen molar-refractivity contribution in [1.82, 2.24) is 5.32 Å². The first-order valence-corrected chi connectivity index (χ1v) is 7.30. The Morgan fingerprint density at radius 2 is 2.05 bits per heavy atom. The van der Waals surface area contributed by atoms with Crippen LogP contribution in [0.3, 0.4) is 0 Å². The molecule has 3 nitrogen and oxygen atoms in total. The van der Waals surface area contributed by atoms with Crippen LogP contribution in [0.4, 0.5) is 5.69 Å². The molecule has 1 aromatic carbocycles. The van der Waals surface area contributed by atoms with Gasteiger partial charge >= 0.3 is 0 Å². The molecule has 0 radical (unpaired) electrons. The van der Waals surface area contributed by atoms with E-state index >= 15 is 0 Å². The fourth-order valence-electron chi connectivity index (χ4n) is 2.41. The van der Waals surface area contributed by atoms with Crippen molar-refractivity contribution in [3.63, 3.8) is 0 Å². The third kappa shape index (κ3) is 3.98. The molecule has 1 aliphatic rings. The van der Waals surface area contributed by atoms with Crippen LogP contribution in [0.25, 0.3) is 0 Å². The molecule has 1 fully saturated rings. The van der Waals surface area contributed by atoms with E-state index in [2.05, 4.69) is 48.3 Å². The van der Waals surface area contributed by atoms with Gasteiger partial charge in [0.25, 0.3) is 0 Å². The zero-order valence-electron chi connectivity index (χ0n) is 11.9. The fourth-order valence-corrected chi connectivity index (χ4v) is 2.41. The predicted molar refractivity (Wildman–Crippen MR) is 79.2 cm³/mol. The lowest BCUT2D eigenvalue weighted by Crippen LogP contribution is -2.30. The van der Waals surface area contributed by atoms with Gasteiger partial charge in [0.2, 0.25) is 5.91 Å². The highest BCUT2D eigenvalue weighted by Crippen LogP contribution is 2.37. The van der Waals surface area contributed by atoms with Crippen LogP contribution in [0, 0.1) is 11.8 Å². The molecule has 1 amide bonds. The molecule has 0 heterocycles. The molecule has 1 N–H and O–H groups in total. The summed E-state index contributed by atoms with van der Waals surface area (Å²) in [6.07, 6.45) is 2.06. The number of para-hydroxylation sites is 1. The zero-order valence-corrected chi connectivity index (χ0v) is 11.9. The maximum absolute atomic E-state index is 11.7. The normalized spacial score (nSPS) is 20.9. The predicted octanol–water partition coefficient (Wildman–Crippen LogP) is 2.68. The summed E-state index contributed by atoms with van der Waals surface area (Å²) in [6.45, 7) is 7.07. The van der Waals surface area contributed by atoms with Gasteiger partial charge in [0, 0.05) is 31.2 Å². The van der Waals surface area contributed by atoms with Crippen LogP contribution in [0.2, 0.25) is 0 Å². The Balaban J connectivity index is 1.68. The number of amides is 1. The van der Waals surface area contributed by atoms with Crippen LogP contribution < -0.4 is 10.2 Å². The second-order valence-corrected chi connectivity index (χ2v) is 5.38. The zero-order chi connectivity index (χ0) is 13.7. The van der Waals surface area contributed by atoms with Crippen LogP contribution in [0.5, 0.6) is 0 Å². The first kappa shape index (κ1) is 13.9. The van der Waals surface area contributed by atoms with E-state index in [-0.39, 0.29) is 11.8 Å². The Morgan fingerprint density at radius 1 is 1.37 bits per heavy atom. The van der Waals surface area contributed by atoms with Crippen LogP contribution in [-0.2, 0) is 4.79 Å². The molecular weight excluding hydrogens is 236 g/mol. The molecule has 3 heteroatoms. The van der Waals surface area contributed by atoms with Gasteiger partial charge in [0.1, 0.15) is 0 Å². The summed E-state index contributed by atoms with van der Waals surface area (Å²) in [5.41, 5.74) is 1.26. The minimum atomic E-state index is 0.246. The molecule has 0 bridgehead atoms. The van der Waals surface area contributed by atoms with E-state index in [1.54, 1.807) is 0 Å². The monoisotopic (exact) mass is 260 g/mol. The topological polar surface area (TPSA) is 32.3 Å². The van der Waals surface area contributed by atoms with Crippen molar-refractivity contribution in [2.24, 2.45) is 11.8 Å². The van der Waals surface area contributed by atoms with E-state index in [1.165, 1.54) is 5.69 Å². The smallest absolute Gasteiger partial charge is 0.223 e. The quantitative estimate of drug-likeness (QED) is 0.764. The Labute approximate surface area is 116 Å². The molecule has 0 aliphatic heterocycles. The van der Waals surface area contributed by atoms with E-state index < -0.39 is 0 Å². The van der Waals surface area contributed by atoms with Crippen LogP contribution in [0.15, 0.2) is 30.3 Å². The number of nitrogens with one attached hydrogen (secondary N) is 1. The van der Waals surface area contributed by atoms with Crippen LogP contribution in [0.1, 0.15) is 26.7 Å². The molecule has 0 spiro atoms. The van der Waals surface area contributed by atoms with E-state index in [9.17, 15) is 4.79 Å². The van der Waals surface area contributed by atoms with Gasteiger partial charge in [0.15, 0.2) is 0 Å². The van der Waals surface area contributed by atoms with E-state index in [4.69, 9.17) is 0 Å². The highest BCUT2D eigenvalue weighted by atomic mass is 16.2. The maximum Gasteiger partial charge on any atom is 0.223 e. The lowest BCUT2D eigenvalue weighted by atomic mass is 10.2. The van der Waals surface area contributed by atoms with Crippen molar-refractivity contribution in [3.8, 4) is 0 Å². The second kappa shape index (κ2) is 6.60. The summed E-state index contributed by atoms with van der Waals surface area (Å²) in [5, 5.41) is 3.04. The van der Waals surface area contributed by atoms with Gasteiger partial charge in [-0.05, 0) is 37.8 Å². The molecule has 1 aromatic rings. The molecule has 2 atom stereocenters. The van der Waals surface area contributed by atoms with Gasteiger partial charge in [-0.15, -0.1) is 0 Å². The second-order valence-electron chi connectivity index (χ2n) is 5.38. The van der Waals surface area contributed by atoms with Gasteiger partial charge in [0.05, 0.1) is 0 Å². The van der Waals surface area contributed by atoms with Gasteiger partial charge in [-0.25, -0.2) is 0 Å². The summed E-state index contributed by atoms with van der Waals surface area (Å²) < 4.78 is 0. The fraction of sp³-hybridized carbons (Fsp3) is 0.562. The maximum atomic E-state index is 11.7. The largest absolute Gasteiger partial charge is 0.372 e. The number of hydrogen-bond donors (Lipinski definition) is 1. The van der Waals surface area contributed by atoms with Crippen molar-refractivity contribution in [1.29, 1.82) is 0 Å². The molecule has 0 aromatic heterocycles. The lowest BCUT2D eigenvalue weighted by molar-refractivity contribution is -0.122. The van der Waals surface area contributed by atoms with Crippen molar-refractivity contribution < 1.29 is 4.79 Å². The molecular formula is C16H24N2O. The Kier molecular flexibility index (Phi) is 4.83. The number of nitrogens with zero attached hydrogens (tertiary/aromatic N) is 1. The molecule has 104 valence electrons. The highest BCUT2D eigenvalue weighted by molar-refractivity contribution is 5.81. The Hall–Kier alpha value is -1.51. The molecule has 0 unspecified atom stereocenters. The minimum absolute atomic E-state index is 0.246. The van der Waals surface area contributed by atoms with Crippen LogP contribution >= 0.6 is 0 Å². The molecule has 1 saturated carbocycles. The first-order valence-electron chi connectivity index (χ1n) is 7.30. The van der Waals surface area contributed by atoms with E-state index in [1.807, 2.05) is 6.07 Å². The SMILES string of the molecule is CCN(CCCNC(=O)[C@@H]1C[C@H]1C)c1ccccc1. The van der Waals surface area contributed by atoms with Gasteiger partial charge in [-0.3, -0.25) is 4.79 Å². The Morgan fingerprint density at radius 3 is 2.63 bits per heavy atom. The summed E-state index contributed by atoms with van der Waals surface area (Å²) in [5.74, 6) is 1.13. The number of anilines is 1. The number of benzene rings is 1. The molecule has 1 aliphatic carbocycles. The number of rotatable bonds is 7. The third-order valence-electron chi connectivity index (χ3n) is 3.85. The Bertz CT molecular complexity index is 404. The van der Waals surface area contributed by atoms with Gasteiger partial charge in [-0.1, -0.05) is 25.1 Å². The van der Waals surface area contributed by atoms with Crippen LogP contribution in [-0.4, -0.2) is 25.5 Å². The average molecular weight is 260 g/mol. The van der Waals surface area contributed by atoms with E-state index in [0.29, 0.717) is 5.92 Å². The summed E-state index contributed by atoms with van der Waals surface area (Å²) in [7, 11) is 0. The summed E-state index contributed by atoms with van der Waals surface area (Å²) in [4.78, 5) is 14.0. The molecule has 19 heavy (non-hydrogen) atoms. The summed E-state index contributed by atoms with van der Waals surface area (Å²) in [6, 6.07) is 10.4. The first-order chi connectivity index (χ1) is 9.22. The van der Waals surface area contributed by atoms with E-state index in [0.717, 1.165) is 32.5 Å². The highest BCUT2D eigenvalue weighted by Gasteiger charge is 2.38.